The number of aromatic nitrogens is 2. The van der Waals surface area contributed by atoms with Crippen LogP contribution in [0.3, 0.4) is 0 Å². The van der Waals surface area contributed by atoms with Crippen molar-refractivity contribution in [3.63, 3.8) is 0 Å². The molecular formula is C13H22N4O3S. The molecule has 2 aliphatic rings. The van der Waals surface area contributed by atoms with Gasteiger partial charge in [0.05, 0.1) is 25.5 Å². The van der Waals surface area contributed by atoms with Gasteiger partial charge in [0.1, 0.15) is 0 Å². The van der Waals surface area contributed by atoms with E-state index in [2.05, 4.69) is 10.00 Å². The van der Waals surface area contributed by atoms with Crippen molar-refractivity contribution in [1.29, 1.82) is 0 Å². The fraction of sp³-hybridized carbons (Fsp3) is 0.769. The maximum Gasteiger partial charge on any atom is 0.260 e. The van der Waals surface area contributed by atoms with Gasteiger partial charge in [-0.15, -0.1) is 0 Å². The number of hydrogen-bond donors (Lipinski definition) is 0. The number of hydrogen-bond acceptors (Lipinski definition) is 5. The molecule has 7 nitrogen and oxygen atoms in total. The second-order valence-corrected chi connectivity index (χ2v) is 7.92. The maximum absolute atomic E-state index is 13.1. The molecule has 0 saturated carbocycles. The average Bonchev–Trinajstić information content (AvgIpc) is 2.57. The first kappa shape index (κ1) is 15.0. The Hall–Kier alpha value is -0.960. The normalized spacial score (nSPS) is 28.5. The number of aryl methyl sites for hydroxylation is 2. The molecule has 2 bridgehead atoms. The van der Waals surface area contributed by atoms with Crippen LogP contribution in [0.2, 0.25) is 0 Å². The van der Waals surface area contributed by atoms with E-state index < -0.39 is 10.0 Å². The van der Waals surface area contributed by atoms with Gasteiger partial charge < -0.3 is 9.64 Å². The Labute approximate surface area is 125 Å². The predicted molar refractivity (Wildman–Crippen MR) is 77.4 cm³/mol. The largest absolute Gasteiger partial charge is 0.379 e. The second kappa shape index (κ2) is 5.35. The van der Waals surface area contributed by atoms with Crippen LogP contribution in [0.4, 0.5) is 0 Å². The zero-order valence-corrected chi connectivity index (χ0v) is 13.5. The van der Waals surface area contributed by atoms with Crippen LogP contribution in [0, 0.1) is 12.8 Å². The summed E-state index contributed by atoms with van der Waals surface area (Å²) in [6.07, 6.45) is 1.60. The molecule has 21 heavy (non-hydrogen) atoms. The molecule has 0 aromatic carbocycles. The molecule has 0 unspecified atom stereocenters. The van der Waals surface area contributed by atoms with Gasteiger partial charge in [0, 0.05) is 38.2 Å². The molecule has 0 spiro atoms. The van der Waals surface area contributed by atoms with E-state index in [9.17, 15) is 8.42 Å². The highest BCUT2D eigenvalue weighted by molar-refractivity contribution is 7.89. The van der Waals surface area contributed by atoms with Gasteiger partial charge in [-0.05, 0) is 14.0 Å². The van der Waals surface area contributed by atoms with Crippen molar-refractivity contribution in [3.8, 4) is 0 Å². The molecule has 0 amide bonds. The first-order chi connectivity index (χ1) is 9.89. The highest BCUT2D eigenvalue weighted by atomic mass is 32.2. The number of rotatable bonds is 2. The summed E-state index contributed by atoms with van der Waals surface area (Å²) in [4.78, 5) is 2.20. The average molecular weight is 314 g/mol. The van der Waals surface area contributed by atoms with E-state index in [1.165, 1.54) is 4.68 Å². The standard InChI is InChI=1S/C13H22N4O3S/c1-10-4-14-16(3)13(10)21(18,19)17-6-11-5-15(2)7-12(17)9-20-8-11/h4,11-12H,5-9H2,1-3H3/t11-,12-/m0/s1. The monoisotopic (exact) mass is 314 g/mol. The molecule has 2 atom stereocenters. The third kappa shape index (κ3) is 2.61. The molecule has 1 aromatic rings. The van der Waals surface area contributed by atoms with Gasteiger partial charge in [-0.3, -0.25) is 4.68 Å². The van der Waals surface area contributed by atoms with E-state index in [0.29, 0.717) is 31.9 Å². The van der Waals surface area contributed by atoms with Crippen LogP contribution in [0.5, 0.6) is 0 Å². The minimum absolute atomic E-state index is 0.137. The van der Waals surface area contributed by atoms with Gasteiger partial charge in [0.25, 0.3) is 10.0 Å². The van der Waals surface area contributed by atoms with Crippen LogP contribution < -0.4 is 0 Å². The SMILES string of the molecule is Cc1cnn(C)c1S(=O)(=O)N1C[C@H]2COC[C@@H]1CN(C)C2. The van der Waals surface area contributed by atoms with Gasteiger partial charge in [0.15, 0.2) is 5.03 Å². The first-order valence-electron chi connectivity index (χ1n) is 7.16. The van der Waals surface area contributed by atoms with E-state index in [-0.39, 0.29) is 17.0 Å². The number of nitrogens with zero attached hydrogens (tertiary/aromatic N) is 4. The molecule has 3 heterocycles. The number of fused-ring (bicyclic) bond motifs is 3. The number of ether oxygens (including phenoxy) is 1. The summed E-state index contributed by atoms with van der Waals surface area (Å²) in [7, 11) is 0.158. The van der Waals surface area contributed by atoms with E-state index in [1.54, 1.807) is 24.5 Å². The molecule has 2 saturated heterocycles. The van der Waals surface area contributed by atoms with Gasteiger partial charge in [0.2, 0.25) is 0 Å². The summed E-state index contributed by atoms with van der Waals surface area (Å²) in [6.45, 7) is 4.95. The smallest absolute Gasteiger partial charge is 0.260 e. The van der Waals surface area contributed by atoms with Crippen LogP contribution in [-0.4, -0.2) is 73.3 Å². The Balaban J connectivity index is 2.02. The molecule has 2 fully saturated rings. The molecule has 2 aliphatic heterocycles. The molecule has 0 N–H and O–H groups in total. The van der Waals surface area contributed by atoms with E-state index in [0.717, 1.165) is 6.54 Å². The van der Waals surface area contributed by atoms with Gasteiger partial charge in [-0.2, -0.15) is 9.40 Å². The summed E-state index contributed by atoms with van der Waals surface area (Å²) in [6, 6.07) is -0.137. The van der Waals surface area contributed by atoms with E-state index in [4.69, 9.17) is 4.74 Å². The highest BCUT2D eigenvalue weighted by Crippen LogP contribution is 2.27. The first-order valence-corrected chi connectivity index (χ1v) is 8.60. The lowest BCUT2D eigenvalue weighted by atomic mass is 10.1. The number of likely N-dealkylation sites (N-methyl/N-ethyl adjacent to an activating group) is 1. The third-order valence-electron chi connectivity index (χ3n) is 4.21. The lowest BCUT2D eigenvalue weighted by molar-refractivity contribution is 0.0659. The Bertz CT molecular complexity index is 608. The van der Waals surface area contributed by atoms with Gasteiger partial charge in [-0.25, -0.2) is 8.42 Å². The quantitative estimate of drug-likeness (QED) is 0.748. The molecule has 1 aromatic heterocycles. The number of sulfonamides is 1. The van der Waals surface area contributed by atoms with Crippen LogP contribution >= 0.6 is 0 Å². The molecular weight excluding hydrogens is 292 g/mol. The topological polar surface area (TPSA) is 67.7 Å². The fourth-order valence-corrected chi connectivity index (χ4v) is 5.34. The van der Waals surface area contributed by atoms with Crippen molar-refractivity contribution in [3.05, 3.63) is 11.8 Å². The minimum atomic E-state index is -3.55. The fourth-order valence-electron chi connectivity index (χ4n) is 3.35. The van der Waals surface area contributed by atoms with Crippen molar-refractivity contribution in [1.82, 2.24) is 19.0 Å². The van der Waals surface area contributed by atoms with Gasteiger partial charge >= 0.3 is 0 Å². The zero-order chi connectivity index (χ0) is 15.2. The highest BCUT2D eigenvalue weighted by Gasteiger charge is 2.40. The van der Waals surface area contributed by atoms with Crippen LogP contribution in [0.15, 0.2) is 11.2 Å². The van der Waals surface area contributed by atoms with Crippen molar-refractivity contribution in [2.45, 2.75) is 18.0 Å². The van der Waals surface area contributed by atoms with Crippen LogP contribution in [0.25, 0.3) is 0 Å². The van der Waals surface area contributed by atoms with Crippen molar-refractivity contribution in [2.24, 2.45) is 13.0 Å². The summed E-state index contributed by atoms with van der Waals surface area (Å²) >= 11 is 0. The second-order valence-electron chi connectivity index (χ2n) is 6.11. The maximum atomic E-state index is 13.1. The lowest BCUT2D eigenvalue weighted by Crippen LogP contribution is -2.46. The minimum Gasteiger partial charge on any atom is -0.379 e. The molecule has 0 aliphatic carbocycles. The predicted octanol–water partition coefficient (Wildman–Crippen LogP) is -0.320. The molecule has 8 heteroatoms. The molecule has 3 rings (SSSR count). The zero-order valence-electron chi connectivity index (χ0n) is 12.7. The summed E-state index contributed by atoms with van der Waals surface area (Å²) in [5.74, 6) is 0.214. The molecule has 118 valence electrons. The summed E-state index contributed by atoms with van der Waals surface area (Å²) in [5, 5.41) is 4.36. The van der Waals surface area contributed by atoms with Gasteiger partial charge in [-0.1, -0.05) is 0 Å². The summed E-state index contributed by atoms with van der Waals surface area (Å²) in [5.41, 5.74) is 0.686. The Kier molecular flexibility index (Phi) is 3.81. The Morgan fingerprint density at radius 1 is 1.24 bits per heavy atom. The van der Waals surface area contributed by atoms with Crippen molar-refractivity contribution >= 4 is 10.0 Å². The van der Waals surface area contributed by atoms with Crippen LogP contribution in [-0.2, 0) is 21.8 Å². The lowest BCUT2D eigenvalue weighted by Gasteiger charge is -2.29. The van der Waals surface area contributed by atoms with Crippen molar-refractivity contribution < 1.29 is 13.2 Å². The Morgan fingerprint density at radius 3 is 2.67 bits per heavy atom. The van der Waals surface area contributed by atoms with Crippen LogP contribution in [0.1, 0.15) is 5.56 Å². The summed E-state index contributed by atoms with van der Waals surface area (Å²) < 4.78 is 34.9. The Morgan fingerprint density at radius 2 is 2.00 bits per heavy atom. The molecule has 0 radical (unpaired) electrons. The van der Waals surface area contributed by atoms with E-state index in [1.807, 2.05) is 7.05 Å². The van der Waals surface area contributed by atoms with Crippen molar-refractivity contribution in [2.75, 3.05) is 39.9 Å². The third-order valence-corrected chi connectivity index (χ3v) is 6.35. The van der Waals surface area contributed by atoms with E-state index >= 15 is 0 Å².